The van der Waals surface area contributed by atoms with Gasteiger partial charge in [0.05, 0.1) is 12.8 Å². The van der Waals surface area contributed by atoms with Crippen LogP contribution in [0.25, 0.3) is 0 Å². The summed E-state index contributed by atoms with van der Waals surface area (Å²) in [6, 6.07) is 6.25. The zero-order chi connectivity index (χ0) is 18.4. The Hall–Kier alpha value is -2.87. The van der Waals surface area contributed by atoms with E-state index in [0.717, 1.165) is 6.54 Å². The number of hydrogen-bond acceptors (Lipinski definition) is 5. The molecule has 0 fully saturated rings. The molecule has 0 saturated heterocycles. The van der Waals surface area contributed by atoms with Crippen molar-refractivity contribution in [3.8, 4) is 0 Å². The lowest BCUT2D eigenvalue weighted by Gasteiger charge is -2.10. The van der Waals surface area contributed by atoms with E-state index in [-0.39, 0.29) is 18.2 Å². The molecule has 134 valence electrons. The summed E-state index contributed by atoms with van der Waals surface area (Å²) in [5.41, 5.74) is 6.31. The molecule has 25 heavy (non-hydrogen) atoms. The number of rotatable bonds is 8. The highest BCUT2D eigenvalue weighted by molar-refractivity contribution is 5.83. The third kappa shape index (κ3) is 5.05. The predicted molar refractivity (Wildman–Crippen MR) is 98.3 cm³/mol. The number of nitrogen functional groups attached to an aromatic ring is 1. The van der Waals surface area contributed by atoms with E-state index in [1.807, 2.05) is 19.0 Å². The molecule has 4 N–H and O–H groups in total. The van der Waals surface area contributed by atoms with Crippen LogP contribution in [0.15, 0.2) is 46.5 Å². The molecule has 0 aliphatic rings. The molecule has 0 spiro atoms. The molecule has 1 aromatic carbocycles. The molecule has 0 amide bonds. The number of halogens is 1. The van der Waals surface area contributed by atoms with E-state index in [4.69, 9.17) is 5.73 Å². The number of likely N-dealkylation sites (N-methyl/N-ethyl adjacent to an activating group) is 1. The summed E-state index contributed by atoms with van der Waals surface area (Å²) >= 11 is 0. The van der Waals surface area contributed by atoms with Crippen molar-refractivity contribution in [3.63, 3.8) is 0 Å². The molecule has 0 radical (unpaired) electrons. The van der Waals surface area contributed by atoms with Gasteiger partial charge in [-0.05, 0) is 20.2 Å². The van der Waals surface area contributed by atoms with Crippen LogP contribution in [0.1, 0.15) is 11.3 Å². The van der Waals surface area contributed by atoms with Gasteiger partial charge in [-0.3, -0.25) is 4.57 Å². The van der Waals surface area contributed by atoms with Crippen LogP contribution in [0.5, 0.6) is 0 Å². The van der Waals surface area contributed by atoms with Gasteiger partial charge in [0.1, 0.15) is 23.1 Å². The molecule has 0 unspecified atom stereocenters. The number of benzene rings is 1. The van der Waals surface area contributed by atoms with Gasteiger partial charge < -0.3 is 20.9 Å². The predicted octanol–water partition coefficient (Wildman–Crippen LogP) is 0.987. The summed E-state index contributed by atoms with van der Waals surface area (Å²) in [5.74, 6) is 0.269. The average Bonchev–Trinajstić information content (AvgIpc) is 2.82. The molecule has 0 aliphatic carbocycles. The Kier molecular flexibility index (Phi) is 6.13. The standard InChI is InChI=1S/C17H23FN6O/c1-12(20-8-9-23(2)3)21-10-15-16(19)24(17(25)22-15)11-13-6-4-5-7-14(13)18/h4-7,10,20H,1,8-9,11,19H2,2-3H3,(H,22,25). The van der Waals surface area contributed by atoms with Gasteiger partial charge >= 0.3 is 5.69 Å². The summed E-state index contributed by atoms with van der Waals surface area (Å²) in [7, 11) is 3.94. The lowest BCUT2D eigenvalue weighted by Crippen LogP contribution is -2.25. The van der Waals surface area contributed by atoms with Gasteiger partial charge in [0.25, 0.3) is 0 Å². The number of nitrogens with two attached hydrogens (primary N) is 1. The first-order chi connectivity index (χ1) is 11.9. The van der Waals surface area contributed by atoms with Gasteiger partial charge in [0.2, 0.25) is 0 Å². The molecule has 7 nitrogen and oxygen atoms in total. The molecular weight excluding hydrogens is 323 g/mol. The van der Waals surface area contributed by atoms with E-state index in [2.05, 4.69) is 21.9 Å². The van der Waals surface area contributed by atoms with Crippen molar-refractivity contribution in [2.45, 2.75) is 6.54 Å². The van der Waals surface area contributed by atoms with E-state index in [0.29, 0.717) is 23.6 Å². The van der Waals surface area contributed by atoms with Crippen molar-refractivity contribution in [2.75, 3.05) is 32.9 Å². The maximum Gasteiger partial charge on any atom is 0.327 e. The summed E-state index contributed by atoms with van der Waals surface area (Å²) in [6.45, 7) is 5.37. The van der Waals surface area contributed by atoms with Crippen molar-refractivity contribution < 1.29 is 4.39 Å². The Morgan fingerprint density at radius 3 is 2.88 bits per heavy atom. The fourth-order valence-corrected chi connectivity index (χ4v) is 2.17. The highest BCUT2D eigenvalue weighted by Gasteiger charge is 2.11. The number of aromatic nitrogens is 2. The molecule has 1 heterocycles. The van der Waals surface area contributed by atoms with Crippen LogP contribution in [-0.4, -0.2) is 47.9 Å². The second-order valence-corrected chi connectivity index (χ2v) is 5.84. The highest BCUT2D eigenvalue weighted by atomic mass is 19.1. The minimum atomic E-state index is -0.423. The maximum absolute atomic E-state index is 13.8. The third-order valence-electron chi connectivity index (χ3n) is 3.58. The Morgan fingerprint density at radius 1 is 1.48 bits per heavy atom. The SMILES string of the molecule is C=C(N=Cc1[nH]c(=O)n(Cc2ccccc2F)c1N)NCCN(C)C. The van der Waals surface area contributed by atoms with Crippen LogP contribution < -0.4 is 16.7 Å². The number of nitrogens with one attached hydrogen (secondary N) is 2. The van der Waals surface area contributed by atoms with Gasteiger partial charge in [-0.2, -0.15) is 0 Å². The fourth-order valence-electron chi connectivity index (χ4n) is 2.17. The topological polar surface area (TPSA) is 91.4 Å². The van der Waals surface area contributed by atoms with Crippen LogP contribution in [0.4, 0.5) is 10.2 Å². The molecule has 2 rings (SSSR count). The molecule has 1 aromatic heterocycles. The van der Waals surface area contributed by atoms with E-state index in [1.165, 1.54) is 16.8 Å². The smallest absolute Gasteiger partial charge is 0.327 e. The molecule has 0 saturated carbocycles. The largest absolute Gasteiger partial charge is 0.383 e. The van der Waals surface area contributed by atoms with Crippen molar-refractivity contribution >= 4 is 12.0 Å². The Bertz CT molecular complexity index is 821. The van der Waals surface area contributed by atoms with Gasteiger partial charge in [0.15, 0.2) is 0 Å². The van der Waals surface area contributed by atoms with E-state index in [9.17, 15) is 9.18 Å². The van der Waals surface area contributed by atoms with Crippen LogP contribution >= 0.6 is 0 Å². The first-order valence-electron chi connectivity index (χ1n) is 7.81. The Labute approximate surface area is 145 Å². The minimum Gasteiger partial charge on any atom is -0.383 e. The van der Waals surface area contributed by atoms with Crippen molar-refractivity contribution in [2.24, 2.45) is 4.99 Å². The molecule has 2 aromatic rings. The molecular formula is C17H23FN6O. The molecule has 0 atom stereocenters. The summed E-state index contributed by atoms with van der Waals surface area (Å²) in [6.07, 6.45) is 1.43. The normalized spacial score (nSPS) is 11.4. The highest BCUT2D eigenvalue weighted by Crippen LogP contribution is 2.11. The van der Waals surface area contributed by atoms with Crippen molar-refractivity contribution in [1.29, 1.82) is 0 Å². The lowest BCUT2D eigenvalue weighted by atomic mass is 10.2. The number of anilines is 1. The zero-order valence-electron chi connectivity index (χ0n) is 14.4. The van der Waals surface area contributed by atoms with Crippen molar-refractivity contribution in [3.05, 3.63) is 64.2 Å². The average molecular weight is 346 g/mol. The number of nitrogens with zero attached hydrogens (tertiary/aromatic N) is 3. The number of aliphatic imine (C=N–C) groups is 1. The summed E-state index contributed by atoms with van der Waals surface area (Å²) < 4.78 is 15.0. The van der Waals surface area contributed by atoms with Crippen LogP contribution in [0.3, 0.4) is 0 Å². The number of imidazole rings is 1. The van der Waals surface area contributed by atoms with Crippen LogP contribution in [-0.2, 0) is 6.54 Å². The summed E-state index contributed by atoms with van der Waals surface area (Å²) in [4.78, 5) is 20.9. The number of H-pyrrole nitrogens is 1. The van der Waals surface area contributed by atoms with Gasteiger partial charge in [-0.25, -0.2) is 14.2 Å². The second-order valence-electron chi connectivity index (χ2n) is 5.84. The maximum atomic E-state index is 13.8. The molecule has 0 aliphatic heterocycles. The summed E-state index contributed by atoms with van der Waals surface area (Å²) in [5, 5.41) is 3.05. The van der Waals surface area contributed by atoms with E-state index >= 15 is 0 Å². The Morgan fingerprint density at radius 2 is 2.20 bits per heavy atom. The van der Waals surface area contributed by atoms with Gasteiger partial charge in [-0.1, -0.05) is 24.8 Å². The first kappa shape index (κ1) is 18.5. The molecule has 8 heteroatoms. The lowest BCUT2D eigenvalue weighted by molar-refractivity contribution is 0.408. The van der Waals surface area contributed by atoms with E-state index in [1.54, 1.807) is 18.2 Å². The van der Waals surface area contributed by atoms with E-state index < -0.39 is 5.69 Å². The first-order valence-corrected chi connectivity index (χ1v) is 7.81. The number of aromatic amines is 1. The minimum absolute atomic E-state index is 0.0453. The van der Waals surface area contributed by atoms with Crippen LogP contribution in [0.2, 0.25) is 0 Å². The van der Waals surface area contributed by atoms with Gasteiger partial charge in [-0.15, -0.1) is 0 Å². The fraction of sp³-hybridized carbons (Fsp3) is 0.294. The number of hydrogen-bond donors (Lipinski definition) is 3. The van der Waals surface area contributed by atoms with Crippen LogP contribution in [0, 0.1) is 5.82 Å². The zero-order valence-corrected chi connectivity index (χ0v) is 14.4. The monoisotopic (exact) mass is 346 g/mol. The van der Waals surface area contributed by atoms with Crippen molar-refractivity contribution in [1.82, 2.24) is 19.8 Å². The third-order valence-corrected chi connectivity index (χ3v) is 3.58. The Balaban J connectivity index is 2.09. The second kappa shape index (κ2) is 8.29. The van der Waals surface area contributed by atoms with Gasteiger partial charge in [0, 0.05) is 18.7 Å². The quantitative estimate of drug-likeness (QED) is 0.622. The molecule has 0 bridgehead atoms.